The quantitative estimate of drug-likeness (QED) is 0.822. The summed E-state index contributed by atoms with van der Waals surface area (Å²) in [5.74, 6) is -0.0538. The third kappa shape index (κ3) is 4.39. The van der Waals surface area contributed by atoms with Crippen molar-refractivity contribution in [1.29, 1.82) is 0 Å². The van der Waals surface area contributed by atoms with Gasteiger partial charge in [0.15, 0.2) is 0 Å². The van der Waals surface area contributed by atoms with Gasteiger partial charge in [0.1, 0.15) is 0 Å². The van der Waals surface area contributed by atoms with E-state index in [0.717, 1.165) is 36.9 Å². The molecule has 144 valence electrons. The summed E-state index contributed by atoms with van der Waals surface area (Å²) in [6.45, 7) is 4.54. The number of carbonyl (C=O) groups is 1. The van der Waals surface area contributed by atoms with Crippen LogP contribution in [0, 0.1) is 0 Å². The van der Waals surface area contributed by atoms with Crippen molar-refractivity contribution in [2.45, 2.75) is 50.5 Å². The van der Waals surface area contributed by atoms with E-state index in [4.69, 9.17) is 0 Å². The predicted molar refractivity (Wildman–Crippen MR) is 108 cm³/mol. The molecule has 6 heteroatoms. The Morgan fingerprint density at radius 3 is 2.63 bits per heavy atom. The van der Waals surface area contributed by atoms with E-state index in [1.54, 1.807) is 35.2 Å². The van der Waals surface area contributed by atoms with E-state index in [2.05, 4.69) is 4.72 Å². The first-order chi connectivity index (χ1) is 12.9. The maximum Gasteiger partial charge on any atom is 0.258 e. The first-order valence-corrected chi connectivity index (χ1v) is 10.9. The number of anilines is 1. The number of aryl methyl sites for hydroxylation is 1. The lowest BCUT2D eigenvalue weighted by atomic mass is 10.0. The van der Waals surface area contributed by atoms with Crippen LogP contribution in [0.1, 0.15) is 49.0 Å². The molecule has 1 amide bonds. The molecule has 0 radical (unpaired) electrons. The predicted octanol–water partition coefficient (Wildman–Crippen LogP) is 3.75. The highest BCUT2D eigenvalue weighted by Gasteiger charge is 2.26. The number of benzene rings is 2. The van der Waals surface area contributed by atoms with Crippen LogP contribution in [-0.2, 0) is 16.4 Å². The van der Waals surface area contributed by atoms with E-state index >= 15 is 0 Å². The molecule has 27 heavy (non-hydrogen) atoms. The molecule has 0 saturated carbocycles. The van der Waals surface area contributed by atoms with Crippen LogP contribution in [0.5, 0.6) is 0 Å². The molecule has 2 aromatic rings. The normalized spacial score (nSPS) is 15.3. The molecule has 0 unspecified atom stereocenters. The third-order valence-electron chi connectivity index (χ3n) is 4.82. The zero-order chi connectivity index (χ0) is 19.4. The molecule has 3 rings (SSSR count). The highest BCUT2D eigenvalue weighted by Crippen LogP contribution is 2.30. The molecule has 1 heterocycles. The van der Waals surface area contributed by atoms with Gasteiger partial charge in [-0.05, 0) is 62.1 Å². The molecule has 0 spiro atoms. The van der Waals surface area contributed by atoms with E-state index in [1.807, 2.05) is 32.0 Å². The van der Waals surface area contributed by atoms with Gasteiger partial charge in [-0.1, -0.05) is 31.5 Å². The van der Waals surface area contributed by atoms with E-state index in [-0.39, 0.29) is 16.8 Å². The highest BCUT2D eigenvalue weighted by atomic mass is 32.2. The molecule has 1 N–H and O–H groups in total. The molecule has 0 aromatic heterocycles. The van der Waals surface area contributed by atoms with Crippen LogP contribution in [0.3, 0.4) is 0 Å². The van der Waals surface area contributed by atoms with E-state index in [9.17, 15) is 13.2 Å². The lowest BCUT2D eigenvalue weighted by Crippen LogP contribution is -2.36. The van der Waals surface area contributed by atoms with Crippen LogP contribution >= 0.6 is 0 Å². The lowest BCUT2D eigenvalue weighted by molar-refractivity contribution is 0.0985. The highest BCUT2D eigenvalue weighted by molar-refractivity contribution is 7.89. The summed E-state index contributed by atoms with van der Waals surface area (Å²) in [6.07, 6.45) is 3.30. The smallest absolute Gasteiger partial charge is 0.258 e. The molecule has 0 fully saturated rings. The van der Waals surface area contributed by atoms with Crippen molar-refractivity contribution >= 4 is 21.6 Å². The van der Waals surface area contributed by atoms with Crippen molar-refractivity contribution in [2.75, 3.05) is 11.4 Å². The number of rotatable bonds is 6. The molecule has 1 aliphatic rings. The van der Waals surface area contributed by atoms with E-state index in [0.29, 0.717) is 12.1 Å². The van der Waals surface area contributed by atoms with Gasteiger partial charge in [-0.2, -0.15) is 0 Å². The Hall–Kier alpha value is -2.18. The molecule has 2 aromatic carbocycles. The molecule has 0 saturated heterocycles. The maximum absolute atomic E-state index is 12.9. The Morgan fingerprint density at radius 2 is 1.93 bits per heavy atom. The number of amides is 1. The second kappa shape index (κ2) is 8.23. The number of sulfonamides is 1. The van der Waals surface area contributed by atoms with Gasteiger partial charge in [-0.25, -0.2) is 13.1 Å². The van der Waals surface area contributed by atoms with Gasteiger partial charge < -0.3 is 4.90 Å². The topological polar surface area (TPSA) is 66.5 Å². The summed E-state index contributed by atoms with van der Waals surface area (Å²) < 4.78 is 28.0. The minimum absolute atomic E-state index is 0.0538. The fourth-order valence-electron chi connectivity index (χ4n) is 3.51. The molecule has 0 aliphatic carbocycles. The van der Waals surface area contributed by atoms with Crippen LogP contribution in [0.25, 0.3) is 0 Å². The second-order valence-electron chi connectivity index (χ2n) is 7.03. The standard InChI is InChI=1S/C21H26N2O3S/c1-3-8-16(2)22-27(25,26)19-12-13-20-18(15-19)11-7-14-23(20)21(24)17-9-5-4-6-10-17/h4-6,9-10,12-13,15-16,22H,3,7-8,11,14H2,1-2H3/t16-/m0/s1. The van der Waals surface area contributed by atoms with Crippen LogP contribution in [0.2, 0.25) is 0 Å². The number of nitrogens with zero attached hydrogens (tertiary/aromatic N) is 1. The Balaban J connectivity index is 1.88. The summed E-state index contributed by atoms with van der Waals surface area (Å²) in [5, 5.41) is 0. The van der Waals surface area contributed by atoms with Gasteiger partial charge in [-0.3, -0.25) is 4.79 Å². The van der Waals surface area contributed by atoms with Crippen LogP contribution in [0.15, 0.2) is 53.4 Å². The van der Waals surface area contributed by atoms with E-state index in [1.165, 1.54) is 0 Å². The Kier molecular flexibility index (Phi) is 5.97. The number of fused-ring (bicyclic) bond motifs is 1. The monoisotopic (exact) mass is 386 g/mol. The number of hydrogen-bond acceptors (Lipinski definition) is 3. The Bertz CT molecular complexity index is 910. The second-order valence-corrected chi connectivity index (χ2v) is 8.74. The average molecular weight is 387 g/mol. The molecule has 1 aliphatic heterocycles. The van der Waals surface area contributed by atoms with Crippen LogP contribution in [-0.4, -0.2) is 26.9 Å². The summed E-state index contributed by atoms with van der Waals surface area (Å²) in [6, 6.07) is 14.1. The number of nitrogens with one attached hydrogen (secondary N) is 1. The summed E-state index contributed by atoms with van der Waals surface area (Å²) in [5.41, 5.74) is 2.34. The molecule has 1 atom stereocenters. The van der Waals surface area contributed by atoms with Gasteiger partial charge in [-0.15, -0.1) is 0 Å². The van der Waals surface area contributed by atoms with Gasteiger partial charge in [0.2, 0.25) is 10.0 Å². The van der Waals surface area contributed by atoms with Crippen LogP contribution < -0.4 is 9.62 Å². The molecule has 0 bridgehead atoms. The van der Waals surface area contributed by atoms with Crippen LogP contribution in [0.4, 0.5) is 5.69 Å². The fourth-order valence-corrected chi connectivity index (χ4v) is 4.84. The van der Waals surface area contributed by atoms with Gasteiger partial charge >= 0.3 is 0 Å². The summed E-state index contributed by atoms with van der Waals surface area (Å²) in [4.78, 5) is 14.9. The van der Waals surface area contributed by atoms with Crippen molar-refractivity contribution in [2.24, 2.45) is 0 Å². The number of hydrogen-bond donors (Lipinski definition) is 1. The van der Waals surface area contributed by atoms with Crippen molar-refractivity contribution in [1.82, 2.24) is 4.72 Å². The molecular formula is C21H26N2O3S. The Labute approximate surface area is 161 Å². The van der Waals surface area contributed by atoms with Crippen molar-refractivity contribution in [3.8, 4) is 0 Å². The van der Waals surface area contributed by atoms with E-state index < -0.39 is 10.0 Å². The van der Waals surface area contributed by atoms with Crippen molar-refractivity contribution in [3.05, 3.63) is 59.7 Å². The van der Waals surface area contributed by atoms with Crippen molar-refractivity contribution < 1.29 is 13.2 Å². The summed E-state index contributed by atoms with van der Waals surface area (Å²) >= 11 is 0. The van der Waals surface area contributed by atoms with Crippen molar-refractivity contribution in [3.63, 3.8) is 0 Å². The fraction of sp³-hybridized carbons (Fsp3) is 0.381. The minimum Gasteiger partial charge on any atom is -0.308 e. The number of carbonyl (C=O) groups excluding carboxylic acids is 1. The molecular weight excluding hydrogens is 360 g/mol. The van der Waals surface area contributed by atoms with Gasteiger partial charge in [0.05, 0.1) is 4.90 Å². The zero-order valence-corrected chi connectivity index (χ0v) is 16.6. The Morgan fingerprint density at radius 1 is 1.19 bits per heavy atom. The lowest BCUT2D eigenvalue weighted by Gasteiger charge is -2.30. The summed E-state index contributed by atoms with van der Waals surface area (Å²) in [7, 11) is -3.56. The first-order valence-electron chi connectivity index (χ1n) is 9.44. The average Bonchev–Trinajstić information content (AvgIpc) is 2.67. The minimum atomic E-state index is -3.56. The largest absolute Gasteiger partial charge is 0.308 e. The third-order valence-corrected chi connectivity index (χ3v) is 6.41. The SMILES string of the molecule is CCC[C@H](C)NS(=O)(=O)c1ccc2c(c1)CCCN2C(=O)c1ccccc1. The molecule has 5 nitrogen and oxygen atoms in total. The van der Waals surface area contributed by atoms with Gasteiger partial charge in [0.25, 0.3) is 5.91 Å². The maximum atomic E-state index is 12.9. The zero-order valence-electron chi connectivity index (χ0n) is 15.8. The first kappa shape index (κ1) is 19.6. The van der Waals surface area contributed by atoms with Gasteiger partial charge in [0, 0.05) is 23.8 Å².